The largest absolute Gasteiger partial charge is 0.378 e. The molecule has 1 aromatic heterocycles. The summed E-state index contributed by atoms with van der Waals surface area (Å²) in [5, 5.41) is 11.6. The Morgan fingerprint density at radius 1 is 1.29 bits per heavy atom. The van der Waals surface area contributed by atoms with Crippen LogP contribution in [0.3, 0.4) is 0 Å². The quantitative estimate of drug-likeness (QED) is 0.552. The zero-order valence-electron chi connectivity index (χ0n) is 16.0. The van der Waals surface area contributed by atoms with Gasteiger partial charge in [0.15, 0.2) is 5.17 Å². The Balaban J connectivity index is 1.88. The monoisotopic (exact) mass is 414 g/mol. The van der Waals surface area contributed by atoms with Crippen molar-refractivity contribution >= 4 is 51.1 Å². The average molecular weight is 415 g/mol. The number of hydrogen-bond donors (Lipinski definition) is 1. The van der Waals surface area contributed by atoms with Gasteiger partial charge in [-0.15, -0.1) is 16.8 Å². The third kappa shape index (κ3) is 4.67. The van der Waals surface area contributed by atoms with Crippen LogP contribution in [0.1, 0.15) is 17.5 Å². The molecule has 1 saturated heterocycles. The summed E-state index contributed by atoms with van der Waals surface area (Å²) in [5.74, 6) is -0.150. The SMILES string of the molecule is C=CCNN1C(=O)/C(=C\c2ccc(N(C)C)cc2)S/C1=N\c1nnc(CC)s1. The van der Waals surface area contributed by atoms with Gasteiger partial charge in [0.2, 0.25) is 5.13 Å². The molecule has 0 atom stereocenters. The van der Waals surface area contributed by atoms with Gasteiger partial charge in [0, 0.05) is 26.3 Å². The number of rotatable bonds is 7. The number of carbonyl (C=O) groups excluding carboxylic acids is 1. The van der Waals surface area contributed by atoms with E-state index in [0.29, 0.717) is 21.7 Å². The van der Waals surface area contributed by atoms with E-state index in [9.17, 15) is 4.79 Å². The van der Waals surface area contributed by atoms with Crippen LogP contribution < -0.4 is 10.3 Å². The summed E-state index contributed by atoms with van der Waals surface area (Å²) < 4.78 is 0. The van der Waals surface area contributed by atoms with E-state index in [1.807, 2.05) is 56.3 Å². The Hall–Kier alpha value is -2.49. The third-order valence-corrected chi connectivity index (χ3v) is 5.79. The van der Waals surface area contributed by atoms with Crippen LogP contribution in [0.5, 0.6) is 0 Å². The van der Waals surface area contributed by atoms with Crippen molar-refractivity contribution in [3.63, 3.8) is 0 Å². The minimum atomic E-state index is -0.150. The topological polar surface area (TPSA) is 73.7 Å². The first-order valence-electron chi connectivity index (χ1n) is 8.78. The molecule has 1 fully saturated rings. The predicted molar refractivity (Wildman–Crippen MR) is 118 cm³/mol. The maximum Gasteiger partial charge on any atom is 0.281 e. The number of aryl methyl sites for hydroxylation is 1. The Labute approximate surface area is 172 Å². The van der Waals surface area contributed by atoms with Crippen LogP contribution in [0.15, 0.2) is 46.8 Å². The van der Waals surface area contributed by atoms with Gasteiger partial charge in [-0.25, -0.2) is 10.4 Å². The normalized spacial score (nSPS) is 17.0. The van der Waals surface area contributed by atoms with Crippen molar-refractivity contribution in [1.29, 1.82) is 0 Å². The molecule has 28 heavy (non-hydrogen) atoms. The molecule has 0 bridgehead atoms. The first-order valence-corrected chi connectivity index (χ1v) is 10.4. The number of amides is 1. The van der Waals surface area contributed by atoms with Crippen molar-refractivity contribution in [2.24, 2.45) is 4.99 Å². The maximum absolute atomic E-state index is 12.9. The van der Waals surface area contributed by atoms with Crippen LogP contribution in [0.4, 0.5) is 10.8 Å². The molecular weight excluding hydrogens is 392 g/mol. The van der Waals surface area contributed by atoms with Gasteiger partial charge in [0.1, 0.15) is 5.01 Å². The fourth-order valence-electron chi connectivity index (χ4n) is 2.38. The fraction of sp³-hybridized carbons (Fsp3) is 0.263. The highest BCUT2D eigenvalue weighted by Crippen LogP contribution is 2.34. The molecule has 0 spiro atoms. The maximum atomic E-state index is 12.9. The number of amidine groups is 1. The van der Waals surface area contributed by atoms with E-state index in [4.69, 9.17) is 0 Å². The van der Waals surface area contributed by atoms with Crippen molar-refractivity contribution in [3.8, 4) is 0 Å². The Morgan fingerprint density at radius 3 is 2.64 bits per heavy atom. The van der Waals surface area contributed by atoms with Crippen LogP contribution in [0.2, 0.25) is 0 Å². The highest BCUT2D eigenvalue weighted by molar-refractivity contribution is 8.18. The zero-order chi connectivity index (χ0) is 20.1. The molecule has 146 valence electrons. The Kier molecular flexibility index (Phi) is 6.61. The van der Waals surface area contributed by atoms with Gasteiger partial charge < -0.3 is 4.90 Å². The van der Waals surface area contributed by atoms with Crippen molar-refractivity contribution in [2.45, 2.75) is 13.3 Å². The molecule has 1 aliphatic heterocycles. The first kappa shape index (κ1) is 20.2. The molecule has 1 amide bonds. The minimum Gasteiger partial charge on any atom is -0.378 e. The second-order valence-corrected chi connectivity index (χ2v) is 8.16. The van der Waals surface area contributed by atoms with Gasteiger partial charge in [0.05, 0.1) is 4.91 Å². The highest BCUT2D eigenvalue weighted by Gasteiger charge is 2.33. The van der Waals surface area contributed by atoms with Crippen LogP contribution in [0, 0.1) is 0 Å². The van der Waals surface area contributed by atoms with Gasteiger partial charge in [-0.3, -0.25) is 4.79 Å². The number of aromatic nitrogens is 2. The smallest absolute Gasteiger partial charge is 0.281 e. The summed E-state index contributed by atoms with van der Waals surface area (Å²) in [7, 11) is 3.99. The number of aliphatic imine (C=N–C) groups is 1. The molecule has 7 nitrogen and oxygen atoms in total. The lowest BCUT2D eigenvalue weighted by Crippen LogP contribution is -2.41. The van der Waals surface area contributed by atoms with Crippen LogP contribution >= 0.6 is 23.1 Å². The molecule has 1 aliphatic rings. The molecule has 0 radical (unpaired) electrons. The number of anilines is 1. The van der Waals surface area contributed by atoms with E-state index in [0.717, 1.165) is 22.7 Å². The van der Waals surface area contributed by atoms with Crippen molar-refractivity contribution in [2.75, 3.05) is 25.5 Å². The molecule has 2 heterocycles. The van der Waals surface area contributed by atoms with Gasteiger partial charge in [-0.05, 0) is 42.0 Å². The van der Waals surface area contributed by atoms with Crippen LogP contribution in [-0.4, -0.2) is 46.9 Å². The average Bonchev–Trinajstić information content (AvgIpc) is 3.26. The zero-order valence-corrected chi connectivity index (χ0v) is 17.7. The number of carbonyl (C=O) groups is 1. The third-order valence-electron chi connectivity index (χ3n) is 3.86. The van der Waals surface area contributed by atoms with E-state index in [-0.39, 0.29) is 5.91 Å². The summed E-state index contributed by atoms with van der Waals surface area (Å²) in [6, 6.07) is 8.02. The molecule has 3 rings (SSSR count). The number of benzene rings is 1. The fourth-order valence-corrected chi connectivity index (χ4v) is 4.03. The van der Waals surface area contributed by atoms with E-state index in [2.05, 4.69) is 27.2 Å². The number of nitrogens with one attached hydrogen (secondary N) is 1. The second-order valence-electron chi connectivity index (χ2n) is 6.11. The van der Waals surface area contributed by atoms with Crippen molar-refractivity contribution in [1.82, 2.24) is 20.6 Å². The van der Waals surface area contributed by atoms with Gasteiger partial charge >= 0.3 is 0 Å². The number of hydrogen-bond acceptors (Lipinski definition) is 8. The lowest BCUT2D eigenvalue weighted by molar-refractivity contribution is -0.124. The molecular formula is C19H22N6OS2. The second kappa shape index (κ2) is 9.13. The van der Waals surface area contributed by atoms with E-state index >= 15 is 0 Å². The summed E-state index contributed by atoms with van der Waals surface area (Å²) in [6.45, 7) is 6.16. The Morgan fingerprint density at radius 2 is 2.04 bits per heavy atom. The summed E-state index contributed by atoms with van der Waals surface area (Å²) in [6.07, 6.45) is 4.37. The lowest BCUT2D eigenvalue weighted by atomic mass is 10.2. The molecule has 1 N–H and O–H groups in total. The van der Waals surface area contributed by atoms with E-state index in [1.165, 1.54) is 28.1 Å². The molecule has 0 unspecified atom stereocenters. The van der Waals surface area contributed by atoms with Crippen molar-refractivity contribution in [3.05, 3.63) is 52.4 Å². The summed E-state index contributed by atoms with van der Waals surface area (Å²) in [5.41, 5.74) is 5.09. The van der Waals surface area contributed by atoms with Crippen LogP contribution in [-0.2, 0) is 11.2 Å². The Bertz CT molecular complexity index is 917. The summed E-state index contributed by atoms with van der Waals surface area (Å²) in [4.78, 5) is 20.0. The van der Waals surface area contributed by atoms with E-state index in [1.54, 1.807) is 6.08 Å². The molecule has 0 aliphatic carbocycles. The minimum absolute atomic E-state index is 0.150. The number of thioether (sulfide) groups is 1. The van der Waals surface area contributed by atoms with Gasteiger partial charge in [-0.2, -0.15) is 4.99 Å². The molecule has 2 aromatic rings. The predicted octanol–water partition coefficient (Wildman–Crippen LogP) is 3.46. The number of hydrazine groups is 1. The van der Waals surface area contributed by atoms with Crippen LogP contribution in [0.25, 0.3) is 6.08 Å². The standard InChI is InChI=1S/C19H22N6OS2/c1-5-11-20-25-17(26)15(12-13-7-9-14(10-8-13)24(3)4)27-19(25)21-18-23-22-16(6-2)28-18/h5,7-10,12,20H,1,6,11H2,2-4H3/b15-12+,21-19-. The van der Waals surface area contributed by atoms with Crippen molar-refractivity contribution < 1.29 is 4.79 Å². The van der Waals surface area contributed by atoms with E-state index < -0.39 is 0 Å². The molecule has 0 saturated carbocycles. The number of nitrogens with zero attached hydrogens (tertiary/aromatic N) is 5. The molecule has 9 heteroatoms. The summed E-state index contributed by atoms with van der Waals surface area (Å²) >= 11 is 2.74. The first-order chi connectivity index (χ1) is 13.5. The highest BCUT2D eigenvalue weighted by atomic mass is 32.2. The van der Waals surface area contributed by atoms with Gasteiger partial charge in [0.25, 0.3) is 5.91 Å². The van der Waals surface area contributed by atoms with Gasteiger partial charge in [-0.1, -0.05) is 36.5 Å². The molecule has 1 aromatic carbocycles. The lowest BCUT2D eigenvalue weighted by Gasteiger charge is -2.14.